The van der Waals surface area contributed by atoms with Crippen molar-refractivity contribution in [2.75, 3.05) is 5.73 Å². The number of nitrogens with two attached hydrogens (primary N) is 2. The minimum atomic E-state index is -0.433. The summed E-state index contributed by atoms with van der Waals surface area (Å²) in [4.78, 5) is 23.5. The number of halogens is 2. The number of anilines is 1. The highest BCUT2D eigenvalue weighted by atomic mass is 35.5. The van der Waals surface area contributed by atoms with Gasteiger partial charge in [-0.3, -0.25) is 9.78 Å². The highest BCUT2D eigenvalue weighted by Crippen LogP contribution is 2.30. The maximum atomic E-state index is 14.6. The Morgan fingerprint density at radius 3 is 2.44 bits per heavy atom. The van der Waals surface area contributed by atoms with Crippen molar-refractivity contribution in [3.63, 3.8) is 0 Å². The fraction of sp³-hybridized carbons (Fsp3) is 0.125. The largest absolute Gasteiger partial charge is 0.398 e. The molecule has 0 aliphatic carbocycles. The number of aromatic nitrogens is 3. The molecule has 5 N–H and O–H groups in total. The molecule has 0 amide bonds. The number of rotatable bonds is 6. The molecule has 0 aliphatic rings. The van der Waals surface area contributed by atoms with E-state index in [1.807, 2.05) is 30.3 Å². The van der Waals surface area contributed by atoms with Crippen LogP contribution in [0.25, 0.3) is 22.6 Å². The van der Waals surface area contributed by atoms with Crippen molar-refractivity contribution in [3.05, 3.63) is 100 Å². The van der Waals surface area contributed by atoms with E-state index in [-0.39, 0.29) is 41.9 Å². The van der Waals surface area contributed by atoms with Gasteiger partial charge in [0, 0.05) is 46.9 Å². The maximum absolute atomic E-state index is 14.6. The summed E-state index contributed by atoms with van der Waals surface area (Å²) in [7, 11) is 0. The Bertz CT molecular complexity index is 1250. The van der Waals surface area contributed by atoms with E-state index in [0.717, 1.165) is 11.1 Å². The topological polar surface area (TPSA) is 111 Å². The van der Waals surface area contributed by atoms with Crippen molar-refractivity contribution in [1.82, 2.24) is 15.0 Å². The van der Waals surface area contributed by atoms with Crippen LogP contribution in [0.4, 0.5) is 10.1 Å². The summed E-state index contributed by atoms with van der Waals surface area (Å²) in [6.07, 6.45) is 4.10. The van der Waals surface area contributed by atoms with Gasteiger partial charge in [-0.2, -0.15) is 0 Å². The summed E-state index contributed by atoms with van der Waals surface area (Å²) in [5.74, 6) is -0.160. The Hall–Kier alpha value is -3.55. The van der Waals surface area contributed by atoms with E-state index >= 15 is 0 Å². The molecule has 8 heteroatoms. The number of nitrogens with one attached hydrogen (secondary N) is 1. The Morgan fingerprint density at radius 1 is 1.00 bits per heavy atom. The van der Waals surface area contributed by atoms with Gasteiger partial charge in [0.15, 0.2) is 0 Å². The molecule has 0 spiro atoms. The SMILES string of the molecule is Cl.Nc1c(-c2nc(-c3ccncc3)cc(=O)[nH]2)ccc(F)c1CC(N)Cc1ccccc1. The average Bonchev–Trinajstić information content (AvgIpc) is 2.77. The third kappa shape index (κ3) is 5.19. The van der Waals surface area contributed by atoms with E-state index < -0.39 is 5.82 Å². The predicted molar refractivity (Wildman–Crippen MR) is 127 cm³/mol. The molecule has 0 saturated carbocycles. The van der Waals surface area contributed by atoms with Crippen molar-refractivity contribution in [2.45, 2.75) is 18.9 Å². The summed E-state index contributed by atoms with van der Waals surface area (Å²) in [5.41, 5.74) is 15.6. The van der Waals surface area contributed by atoms with Gasteiger partial charge in [-0.25, -0.2) is 9.37 Å². The lowest BCUT2D eigenvalue weighted by Crippen LogP contribution is -2.26. The second kappa shape index (κ2) is 10.2. The van der Waals surface area contributed by atoms with Crippen LogP contribution in [0.1, 0.15) is 11.1 Å². The fourth-order valence-corrected chi connectivity index (χ4v) is 3.56. The first kappa shape index (κ1) is 23.1. The van der Waals surface area contributed by atoms with Crippen LogP contribution in [0.2, 0.25) is 0 Å². The molecule has 2 aromatic carbocycles. The van der Waals surface area contributed by atoms with E-state index in [1.165, 1.54) is 18.2 Å². The van der Waals surface area contributed by atoms with Gasteiger partial charge in [0.2, 0.25) is 0 Å². The van der Waals surface area contributed by atoms with Gasteiger partial charge in [0.1, 0.15) is 11.6 Å². The molecule has 2 aromatic heterocycles. The number of H-pyrrole nitrogens is 1. The number of hydrogen-bond donors (Lipinski definition) is 3. The number of nitrogen functional groups attached to an aromatic ring is 1. The van der Waals surface area contributed by atoms with Crippen LogP contribution in [0.3, 0.4) is 0 Å². The third-order valence-electron chi connectivity index (χ3n) is 5.08. The molecule has 4 aromatic rings. The predicted octanol–water partition coefficient (Wildman–Crippen LogP) is 3.75. The molecule has 4 rings (SSSR count). The lowest BCUT2D eigenvalue weighted by atomic mass is 9.96. The highest BCUT2D eigenvalue weighted by molar-refractivity contribution is 5.85. The molecule has 0 aliphatic heterocycles. The summed E-state index contributed by atoms with van der Waals surface area (Å²) in [5, 5.41) is 0. The Labute approximate surface area is 191 Å². The monoisotopic (exact) mass is 451 g/mol. The van der Waals surface area contributed by atoms with Crippen molar-refractivity contribution in [2.24, 2.45) is 5.73 Å². The lowest BCUT2D eigenvalue weighted by Gasteiger charge is -2.16. The normalized spacial score (nSPS) is 11.6. The van der Waals surface area contributed by atoms with E-state index in [4.69, 9.17) is 11.5 Å². The number of hydrogen-bond acceptors (Lipinski definition) is 5. The number of benzene rings is 2. The second-order valence-electron chi connectivity index (χ2n) is 7.36. The zero-order valence-corrected chi connectivity index (χ0v) is 18.0. The van der Waals surface area contributed by atoms with Gasteiger partial charge in [-0.15, -0.1) is 12.4 Å². The lowest BCUT2D eigenvalue weighted by molar-refractivity contribution is 0.585. The van der Waals surface area contributed by atoms with Crippen LogP contribution in [0.5, 0.6) is 0 Å². The van der Waals surface area contributed by atoms with Crippen molar-refractivity contribution in [3.8, 4) is 22.6 Å². The standard InChI is InChI=1S/C24H22FN5O.ClH/c25-20-7-6-18(23(27)19(20)13-17(26)12-15-4-2-1-3-5-15)24-29-21(14-22(31)30-24)16-8-10-28-11-9-16;/h1-11,14,17H,12-13,26-27H2,(H,29,30,31);1H. The average molecular weight is 452 g/mol. The van der Waals surface area contributed by atoms with Crippen LogP contribution in [-0.4, -0.2) is 21.0 Å². The molecular formula is C24H23ClFN5O. The highest BCUT2D eigenvalue weighted by Gasteiger charge is 2.17. The minimum absolute atomic E-state index is 0. The van der Waals surface area contributed by atoms with Crippen LogP contribution in [0.15, 0.2) is 77.9 Å². The van der Waals surface area contributed by atoms with Crippen LogP contribution >= 0.6 is 12.4 Å². The van der Waals surface area contributed by atoms with Gasteiger partial charge < -0.3 is 16.5 Å². The van der Waals surface area contributed by atoms with Gasteiger partial charge >= 0.3 is 0 Å². The Kier molecular flexibility index (Phi) is 7.35. The minimum Gasteiger partial charge on any atom is -0.398 e. The quantitative estimate of drug-likeness (QED) is 0.386. The van der Waals surface area contributed by atoms with E-state index in [0.29, 0.717) is 23.2 Å². The first-order valence-corrected chi connectivity index (χ1v) is 9.90. The first-order valence-electron chi connectivity index (χ1n) is 9.90. The van der Waals surface area contributed by atoms with Crippen LogP contribution in [-0.2, 0) is 12.8 Å². The Morgan fingerprint density at radius 2 is 1.72 bits per heavy atom. The molecule has 0 bridgehead atoms. The van der Waals surface area contributed by atoms with Crippen molar-refractivity contribution < 1.29 is 4.39 Å². The van der Waals surface area contributed by atoms with Crippen molar-refractivity contribution in [1.29, 1.82) is 0 Å². The molecular weight excluding hydrogens is 429 g/mol. The number of pyridine rings is 1. The third-order valence-corrected chi connectivity index (χ3v) is 5.08. The number of nitrogens with zero attached hydrogens (tertiary/aromatic N) is 2. The summed E-state index contributed by atoms with van der Waals surface area (Å²) in [6.45, 7) is 0. The van der Waals surface area contributed by atoms with Crippen LogP contribution in [0, 0.1) is 5.82 Å². The van der Waals surface area contributed by atoms with Gasteiger partial charge in [-0.1, -0.05) is 30.3 Å². The van der Waals surface area contributed by atoms with Gasteiger partial charge in [-0.05, 0) is 42.7 Å². The molecule has 6 nitrogen and oxygen atoms in total. The van der Waals surface area contributed by atoms with Gasteiger partial charge in [0.25, 0.3) is 5.56 Å². The van der Waals surface area contributed by atoms with E-state index in [9.17, 15) is 9.18 Å². The molecule has 164 valence electrons. The maximum Gasteiger partial charge on any atom is 0.251 e. The molecule has 1 unspecified atom stereocenters. The summed E-state index contributed by atoms with van der Waals surface area (Å²) < 4.78 is 14.6. The zero-order chi connectivity index (χ0) is 21.8. The molecule has 32 heavy (non-hydrogen) atoms. The van der Waals surface area contributed by atoms with E-state index in [1.54, 1.807) is 24.5 Å². The molecule has 0 saturated heterocycles. The fourth-order valence-electron chi connectivity index (χ4n) is 3.56. The second-order valence-corrected chi connectivity index (χ2v) is 7.36. The summed E-state index contributed by atoms with van der Waals surface area (Å²) >= 11 is 0. The van der Waals surface area contributed by atoms with Crippen molar-refractivity contribution >= 4 is 18.1 Å². The molecule has 0 radical (unpaired) electrons. The Balaban J connectivity index is 0.00000289. The smallest absolute Gasteiger partial charge is 0.251 e. The zero-order valence-electron chi connectivity index (χ0n) is 17.2. The number of aromatic amines is 1. The molecule has 2 heterocycles. The summed E-state index contributed by atoms with van der Waals surface area (Å²) in [6, 6.07) is 17.2. The van der Waals surface area contributed by atoms with Crippen LogP contribution < -0.4 is 17.0 Å². The first-order chi connectivity index (χ1) is 15.0. The molecule has 0 fully saturated rings. The van der Waals surface area contributed by atoms with Gasteiger partial charge in [0.05, 0.1) is 5.69 Å². The molecule has 1 atom stereocenters. The van der Waals surface area contributed by atoms with E-state index in [2.05, 4.69) is 15.0 Å².